The lowest BCUT2D eigenvalue weighted by Gasteiger charge is -2.42. The van der Waals surface area contributed by atoms with Gasteiger partial charge in [0.15, 0.2) is 11.5 Å². The molecule has 0 aromatic carbocycles. The number of nitriles is 1. The van der Waals surface area contributed by atoms with Gasteiger partial charge in [0.2, 0.25) is 0 Å². The van der Waals surface area contributed by atoms with E-state index in [1.165, 1.54) is 6.20 Å². The number of piperazine rings is 1. The van der Waals surface area contributed by atoms with Gasteiger partial charge in [-0.2, -0.15) is 22.3 Å². The molecule has 0 amide bonds. The van der Waals surface area contributed by atoms with Crippen molar-refractivity contribution in [3.05, 3.63) is 18.1 Å². The van der Waals surface area contributed by atoms with Gasteiger partial charge in [-0.05, 0) is 19.8 Å². The van der Waals surface area contributed by atoms with Crippen LogP contribution in [0, 0.1) is 11.3 Å². The monoisotopic (exact) mass is 350 g/mol. The van der Waals surface area contributed by atoms with Crippen molar-refractivity contribution < 1.29 is 8.42 Å². The summed E-state index contributed by atoms with van der Waals surface area (Å²) in [6.07, 6.45) is 6.00. The molecule has 8 nitrogen and oxygen atoms in total. The second kappa shape index (κ2) is 7.01. The third-order valence-electron chi connectivity index (χ3n) is 4.59. The van der Waals surface area contributed by atoms with Gasteiger partial charge in [-0.15, -0.1) is 0 Å². The maximum absolute atomic E-state index is 12.9. The molecule has 9 heteroatoms. The van der Waals surface area contributed by atoms with Gasteiger partial charge < -0.3 is 4.90 Å². The first-order chi connectivity index (χ1) is 11.5. The van der Waals surface area contributed by atoms with Crippen LogP contribution in [0.2, 0.25) is 0 Å². The fourth-order valence-electron chi connectivity index (χ4n) is 3.36. The molecule has 0 radical (unpaired) electrons. The van der Waals surface area contributed by atoms with Crippen LogP contribution in [0.5, 0.6) is 0 Å². The topological polar surface area (TPSA) is 93.4 Å². The number of rotatable bonds is 3. The lowest BCUT2D eigenvalue weighted by atomic mass is 10.2. The zero-order chi connectivity index (χ0) is 17.2. The Morgan fingerprint density at radius 2 is 1.83 bits per heavy atom. The zero-order valence-corrected chi connectivity index (χ0v) is 14.6. The molecule has 1 aromatic rings. The average molecular weight is 350 g/mol. The summed E-state index contributed by atoms with van der Waals surface area (Å²) in [5.41, 5.74) is 0.275. The number of hydrogen-bond donors (Lipinski definition) is 0. The van der Waals surface area contributed by atoms with Crippen LogP contribution in [-0.4, -0.2) is 65.8 Å². The van der Waals surface area contributed by atoms with E-state index in [9.17, 15) is 13.7 Å². The first-order valence-corrected chi connectivity index (χ1v) is 9.66. The second-order valence-corrected chi connectivity index (χ2v) is 8.09. The highest BCUT2D eigenvalue weighted by Gasteiger charge is 2.37. The second-order valence-electron chi connectivity index (χ2n) is 6.21. The van der Waals surface area contributed by atoms with E-state index < -0.39 is 10.2 Å². The molecule has 2 saturated heterocycles. The summed E-state index contributed by atoms with van der Waals surface area (Å²) in [6.45, 7) is 4.51. The molecule has 1 unspecified atom stereocenters. The standard InChI is InChI=1S/C15H22N6O2S/c1-13-12-19(15-14(11-16)17-5-6-18-15)9-10-21(13)24(22,23)20-7-3-2-4-8-20/h5-6,13H,2-4,7-10,12H2,1H3. The Morgan fingerprint density at radius 3 is 2.50 bits per heavy atom. The fourth-order valence-corrected chi connectivity index (χ4v) is 5.21. The SMILES string of the molecule is CC1CN(c2nccnc2C#N)CCN1S(=O)(=O)N1CCCCC1. The minimum Gasteiger partial charge on any atom is -0.351 e. The van der Waals surface area contributed by atoms with E-state index >= 15 is 0 Å². The van der Waals surface area contributed by atoms with Crippen molar-refractivity contribution in [3.63, 3.8) is 0 Å². The van der Waals surface area contributed by atoms with Crippen LogP contribution < -0.4 is 4.90 Å². The quantitative estimate of drug-likeness (QED) is 0.792. The molecule has 0 N–H and O–H groups in total. The summed E-state index contributed by atoms with van der Waals surface area (Å²) in [5.74, 6) is 0.530. The van der Waals surface area contributed by atoms with Crippen LogP contribution in [0.15, 0.2) is 12.4 Å². The first-order valence-electron chi connectivity index (χ1n) is 8.27. The maximum Gasteiger partial charge on any atom is 0.282 e. The molecule has 2 aliphatic heterocycles. The highest BCUT2D eigenvalue weighted by molar-refractivity contribution is 7.86. The van der Waals surface area contributed by atoms with Gasteiger partial charge in [-0.3, -0.25) is 0 Å². The minimum absolute atomic E-state index is 0.181. The van der Waals surface area contributed by atoms with E-state index in [-0.39, 0.29) is 11.7 Å². The Morgan fingerprint density at radius 1 is 1.12 bits per heavy atom. The Labute approximate surface area is 142 Å². The molecule has 2 aliphatic rings. The van der Waals surface area contributed by atoms with Gasteiger partial charge in [-0.1, -0.05) is 6.42 Å². The number of hydrogen-bond acceptors (Lipinski definition) is 6. The fraction of sp³-hybridized carbons (Fsp3) is 0.667. The molecule has 0 aliphatic carbocycles. The number of aromatic nitrogens is 2. The van der Waals surface area contributed by atoms with Gasteiger partial charge in [0, 0.05) is 51.2 Å². The molecule has 0 spiro atoms. The Hall–Kier alpha value is -1.76. The van der Waals surface area contributed by atoms with E-state index in [0.717, 1.165) is 19.3 Å². The molecule has 130 valence electrons. The molecule has 2 fully saturated rings. The molecule has 0 bridgehead atoms. The van der Waals surface area contributed by atoms with Crippen molar-refractivity contribution in [1.82, 2.24) is 18.6 Å². The van der Waals surface area contributed by atoms with E-state index in [1.807, 2.05) is 17.9 Å². The summed E-state index contributed by atoms with van der Waals surface area (Å²) < 4.78 is 28.9. The van der Waals surface area contributed by atoms with Crippen molar-refractivity contribution in [2.75, 3.05) is 37.6 Å². The van der Waals surface area contributed by atoms with E-state index in [4.69, 9.17) is 0 Å². The number of nitrogens with zero attached hydrogens (tertiary/aromatic N) is 6. The van der Waals surface area contributed by atoms with Crippen LogP contribution in [0.3, 0.4) is 0 Å². The molecular weight excluding hydrogens is 328 g/mol. The van der Waals surface area contributed by atoms with E-state index in [2.05, 4.69) is 9.97 Å². The molecule has 1 aromatic heterocycles. The largest absolute Gasteiger partial charge is 0.351 e. The molecular formula is C15H22N6O2S. The molecule has 24 heavy (non-hydrogen) atoms. The summed E-state index contributed by atoms with van der Waals surface area (Å²) in [5, 5.41) is 9.17. The van der Waals surface area contributed by atoms with Gasteiger partial charge in [-0.25, -0.2) is 9.97 Å². The summed E-state index contributed by atoms with van der Waals surface area (Å²) in [7, 11) is -3.42. The van der Waals surface area contributed by atoms with Gasteiger partial charge in [0.05, 0.1) is 0 Å². The molecule has 0 saturated carbocycles. The third-order valence-corrected chi connectivity index (χ3v) is 6.74. The Kier molecular flexibility index (Phi) is 4.99. The van der Waals surface area contributed by atoms with E-state index in [1.54, 1.807) is 14.8 Å². The van der Waals surface area contributed by atoms with Crippen LogP contribution in [-0.2, 0) is 10.2 Å². The van der Waals surface area contributed by atoms with Crippen molar-refractivity contribution in [2.45, 2.75) is 32.2 Å². The minimum atomic E-state index is -3.42. The predicted molar refractivity (Wildman–Crippen MR) is 89.5 cm³/mol. The Balaban J connectivity index is 1.75. The Bertz CT molecular complexity index is 726. The predicted octanol–water partition coefficient (Wildman–Crippen LogP) is 0.589. The van der Waals surface area contributed by atoms with Crippen LogP contribution in [0.1, 0.15) is 31.9 Å². The maximum atomic E-state index is 12.9. The number of anilines is 1. The lowest BCUT2D eigenvalue weighted by molar-refractivity contribution is 0.258. The average Bonchev–Trinajstić information content (AvgIpc) is 2.62. The van der Waals surface area contributed by atoms with Crippen LogP contribution in [0.4, 0.5) is 5.82 Å². The van der Waals surface area contributed by atoms with Crippen molar-refractivity contribution in [1.29, 1.82) is 5.26 Å². The highest BCUT2D eigenvalue weighted by atomic mass is 32.2. The van der Waals surface area contributed by atoms with Crippen molar-refractivity contribution in [3.8, 4) is 6.07 Å². The van der Waals surface area contributed by atoms with Gasteiger partial charge in [0.25, 0.3) is 10.2 Å². The number of piperidine rings is 1. The van der Waals surface area contributed by atoms with E-state index in [0.29, 0.717) is 38.5 Å². The zero-order valence-electron chi connectivity index (χ0n) is 13.8. The molecule has 3 rings (SSSR count). The summed E-state index contributed by atoms with van der Waals surface area (Å²) in [6, 6.07) is 1.86. The highest BCUT2D eigenvalue weighted by Crippen LogP contribution is 2.24. The van der Waals surface area contributed by atoms with Gasteiger partial charge in [0.1, 0.15) is 6.07 Å². The smallest absolute Gasteiger partial charge is 0.282 e. The van der Waals surface area contributed by atoms with Crippen LogP contribution in [0.25, 0.3) is 0 Å². The summed E-state index contributed by atoms with van der Waals surface area (Å²) in [4.78, 5) is 10.2. The molecule has 1 atom stereocenters. The summed E-state index contributed by atoms with van der Waals surface area (Å²) >= 11 is 0. The lowest BCUT2D eigenvalue weighted by Crippen LogP contribution is -2.58. The normalized spacial score (nSPS) is 23.8. The van der Waals surface area contributed by atoms with Crippen molar-refractivity contribution in [2.24, 2.45) is 0 Å². The molecule has 3 heterocycles. The van der Waals surface area contributed by atoms with Crippen molar-refractivity contribution >= 4 is 16.0 Å². The van der Waals surface area contributed by atoms with Crippen LogP contribution >= 0.6 is 0 Å². The third kappa shape index (κ3) is 3.22. The van der Waals surface area contributed by atoms with Gasteiger partial charge >= 0.3 is 0 Å². The first kappa shape index (κ1) is 17.1.